The van der Waals surface area contributed by atoms with E-state index in [4.69, 9.17) is 9.47 Å². The van der Waals surface area contributed by atoms with Gasteiger partial charge in [-0.15, -0.1) is 0 Å². The molecule has 0 aromatic heterocycles. The van der Waals surface area contributed by atoms with Gasteiger partial charge in [0.15, 0.2) is 0 Å². The summed E-state index contributed by atoms with van der Waals surface area (Å²) in [5.41, 5.74) is 0.627. The molecule has 0 saturated heterocycles. The van der Waals surface area contributed by atoms with Crippen molar-refractivity contribution in [2.24, 2.45) is 5.92 Å². The monoisotopic (exact) mass is 346 g/mol. The molecule has 0 unspecified atom stereocenters. The molecule has 1 aliphatic rings. The van der Waals surface area contributed by atoms with Gasteiger partial charge < -0.3 is 9.47 Å². The number of benzene rings is 1. The number of esters is 2. The maximum Gasteiger partial charge on any atom is 0.314 e. The zero-order chi connectivity index (χ0) is 18.3. The van der Waals surface area contributed by atoms with Crippen LogP contribution in [0.2, 0.25) is 0 Å². The van der Waals surface area contributed by atoms with Crippen molar-refractivity contribution in [2.75, 3.05) is 0 Å². The molecule has 1 saturated carbocycles. The van der Waals surface area contributed by atoms with E-state index in [9.17, 15) is 9.59 Å². The van der Waals surface area contributed by atoms with Gasteiger partial charge in [-0.3, -0.25) is 9.59 Å². The van der Waals surface area contributed by atoms with Crippen LogP contribution < -0.4 is 4.74 Å². The average Bonchev–Trinajstić information content (AvgIpc) is 2.54. The number of rotatable bonds is 6. The molecule has 0 amide bonds. The number of aryl methyl sites for hydroxylation is 1. The van der Waals surface area contributed by atoms with Gasteiger partial charge >= 0.3 is 11.9 Å². The summed E-state index contributed by atoms with van der Waals surface area (Å²) >= 11 is 0. The highest BCUT2D eigenvalue weighted by molar-refractivity contribution is 5.75. The van der Waals surface area contributed by atoms with E-state index in [-0.39, 0.29) is 17.9 Å². The fraction of sp³-hybridized carbons (Fsp3) is 0.619. The van der Waals surface area contributed by atoms with E-state index < -0.39 is 5.60 Å². The third kappa shape index (κ3) is 7.29. The summed E-state index contributed by atoms with van der Waals surface area (Å²) in [5.74, 6) is 0.368. The summed E-state index contributed by atoms with van der Waals surface area (Å²) in [4.78, 5) is 24.0. The van der Waals surface area contributed by atoms with Crippen molar-refractivity contribution in [1.82, 2.24) is 0 Å². The molecule has 25 heavy (non-hydrogen) atoms. The van der Waals surface area contributed by atoms with Crippen molar-refractivity contribution < 1.29 is 19.1 Å². The molecule has 0 radical (unpaired) electrons. The first-order chi connectivity index (χ1) is 11.8. The molecule has 0 heterocycles. The number of hydrogen-bond acceptors (Lipinski definition) is 4. The van der Waals surface area contributed by atoms with Crippen LogP contribution in [-0.2, 0) is 20.7 Å². The molecule has 1 fully saturated rings. The minimum atomic E-state index is -0.440. The lowest BCUT2D eigenvalue weighted by Crippen LogP contribution is -2.23. The fourth-order valence-corrected chi connectivity index (χ4v) is 3.13. The summed E-state index contributed by atoms with van der Waals surface area (Å²) < 4.78 is 10.9. The van der Waals surface area contributed by atoms with E-state index in [0.29, 0.717) is 12.2 Å². The Labute approximate surface area is 150 Å². The van der Waals surface area contributed by atoms with Crippen LogP contribution in [0.3, 0.4) is 0 Å². The molecule has 0 spiro atoms. The van der Waals surface area contributed by atoms with Crippen LogP contribution in [0.1, 0.15) is 71.3 Å². The molecule has 1 aromatic rings. The second-order valence-corrected chi connectivity index (χ2v) is 7.84. The maximum absolute atomic E-state index is 12.2. The lowest BCUT2D eigenvalue weighted by molar-refractivity contribution is -0.154. The zero-order valence-corrected chi connectivity index (χ0v) is 15.7. The predicted octanol–water partition coefficient (Wildman–Crippen LogP) is 4.84. The van der Waals surface area contributed by atoms with Crippen LogP contribution in [0.25, 0.3) is 0 Å². The summed E-state index contributed by atoms with van der Waals surface area (Å²) in [7, 11) is 0. The minimum absolute atomic E-state index is 0.0459. The molecule has 4 heteroatoms. The van der Waals surface area contributed by atoms with E-state index in [2.05, 4.69) is 0 Å². The van der Waals surface area contributed by atoms with Crippen molar-refractivity contribution in [3.63, 3.8) is 0 Å². The predicted molar refractivity (Wildman–Crippen MR) is 97.4 cm³/mol. The molecule has 0 atom stereocenters. The largest absolute Gasteiger partial charge is 0.460 e. The van der Waals surface area contributed by atoms with Gasteiger partial charge in [0.1, 0.15) is 11.4 Å². The Morgan fingerprint density at radius 1 is 1.12 bits per heavy atom. The Bertz CT molecular complexity index is 580. The lowest BCUT2D eigenvalue weighted by Gasteiger charge is -2.20. The molecule has 0 aliphatic heterocycles. The van der Waals surface area contributed by atoms with E-state index in [1.54, 1.807) is 0 Å². The number of carbonyl (C=O) groups is 2. The molecule has 2 rings (SSSR count). The molecule has 0 N–H and O–H groups in total. The first-order valence-corrected chi connectivity index (χ1v) is 9.36. The van der Waals surface area contributed by atoms with E-state index in [1.807, 2.05) is 45.0 Å². The Hall–Kier alpha value is -1.84. The molecular weight excluding hydrogens is 316 g/mol. The first kappa shape index (κ1) is 19.5. The van der Waals surface area contributed by atoms with Crippen molar-refractivity contribution in [3.8, 4) is 5.75 Å². The van der Waals surface area contributed by atoms with Crippen LogP contribution in [0, 0.1) is 5.92 Å². The van der Waals surface area contributed by atoms with Crippen molar-refractivity contribution in [2.45, 2.75) is 77.7 Å². The molecule has 138 valence electrons. The molecule has 0 bridgehead atoms. The quantitative estimate of drug-likeness (QED) is 0.546. The van der Waals surface area contributed by atoms with Gasteiger partial charge in [-0.25, -0.2) is 0 Å². The van der Waals surface area contributed by atoms with Crippen molar-refractivity contribution in [1.29, 1.82) is 0 Å². The van der Waals surface area contributed by atoms with Gasteiger partial charge in [0.25, 0.3) is 0 Å². The second-order valence-electron chi connectivity index (χ2n) is 7.84. The Balaban J connectivity index is 1.80. The third-order valence-electron chi connectivity index (χ3n) is 4.32. The Morgan fingerprint density at radius 2 is 1.84 bits per heavy atom. The van der Waals surface area contributed by atoms with Crippen LogP contribution in [0.4, 0.5) is 0 Å². The van der Waals surface area contributed by atoms with E-state index in [0.717, 1.165) is 44.1 Å². The minimum Gasteiger partial charge on any atom is -0.460 e. The lowest BCUT2D eigenvalue weighted by atomic mass is 9.89. The normalized spacial score (nSPS) is 15.6. The van der Waals surface area contributed by atoms with Gasteiger partial charge in [0.05, 0.1) is 5.92 Å². The van der Waals surface area contributed by atoms with E-state index in [1.165, 1.54) is 6.42 Å². The standard InChI is InChI=1S/C21H30O4/c1-21(2,3)25-19(22)14-8-10-16-9-7-13-18(15-16)24-20(23)17-11-5-4-6-12-17/h7,9,13,15,17H,4-6,8,10-12,14H2,1-3H3. The summed E-state index contributed by atoms with van der Waals surface area (Å²) in [5, 5.41) is 0. The highest BCUT2D eigenvalue weighted by Gasteiger charge is 2.23. The second kappa shape index (κ2) is 9.02. The number of hydrogen-bond donors (Lipinski definition) is 0. The number of carbonyl (C=O) groups excluding carboxylic acids is 2. The molecule has 4 nitrogen and oxygen atoms in total. The topological polar surface area (TPSA) is 52.6 Å². The number of ether oxygens (including phenoxy) is 2. The van der Waals surface area contributed by atoms with Gasteiger partial charge in [-0.05, 0) is 64.2 Å². The summed E-state index contributed by atoms with van der Waals surface area (Å²) in [6, 6.07) is 7.60. The maximum atomic E-state index is 12.2. The van der Waals surface area contributed by atoms with Crippen molar-refractivity contribution in [3.05, 3.63) is 29.8 Å². The van der Waals surface area contributed by atoms with Gasteiger partial charge in [-0.2, -0.15) is 0 Å². The Kier molecular flexibility index (Phi) is 7.03. The summed E-state index contributed by atoms with van der Waals surface area (Å²) in [6.07, 6.45) is 7.20. The van der Waals surface area contributed by atoms with E-state index >= 15 is 0 Å². The fourth-order valence-electron chi connectivity index (χ4n) is 3.13. The van der Waals surface area contributed by atoms with Crippen LogP contribution in [0.15, 0.2) is 24.3 Å². The average molecular weight is 346 g/mol. The van der Waals surface area contributed by atoms with Crippen LogP contribution in [-0.4, -0.2) is 17.5 Å². The Morgan fingerprint density at radius 3 is 2.52 bits per heavy atom. The van der Waals surface area contributed by atoms with Crippen LogP contribution in [0.5, 0.6) is 5.75 Å². The molecule has 1 aliphatic carbocycles. The first-order valence-electron chi connectivity index (χ1n) is 9.36. The van der Waals surface area contributed by atoms with Gasteiger partial charge in [-0.1, -0.05) is 31.4 Å². The van der Waals surface area contributed by atoms with Crippen molar-refractivity contribution >= 4 is 11.9 Å². The highest BCUT2D eigenvalue weighted by Crippen LogP contribution is 2.26. The van der Waals surface area contributed by atoms with Gasteiger partial charge in [0, 0.05) is 6.42 Å². The summed E-state index contributed by atoms with van der Waals surface area (Å²) in [6.45, 7) is 5.61. The molecule has 1 aromatic carbocycles. The SMILES string of the molecule is CC(C)(C)OC(=O)CCCc1cccc(OC(=O)C2CCCCC2)c1. The third-order valence-corrected chi connectivity index (χ3v) is 4.32. The van der Waals surface area contributed by atoms with Crippen LogP contribution >= 0.6 is 0 Å². The molecular formula is C21H30O4. The van der Waals surface area contributed by atoms with Gasteiger partial charge in [0.2, 0.25) is 0 Å². The smallest absolute Gasteiger partial charge is 0.314 e. The zero-order valence-electron chi connectivity index (χ0n) is 15.7. The highest BCUT2D eigenvalue weighted by atomic mass is 16.6.